The van der Waals surface area contributed by atoms with Gasteiger partial charge in [-0.1, -0.05) is 38.5 Å². The highest BCUT2D eigenvalue weighted by Gasteiger charge is 2.22. The van der Waals surface area contributed by atoms with Crippen molar-refractivity contribution >= 4 is 17.4 Å². The summed E-state index contributed by atoms with van der Waals surface area (Å²) in [5, 5.41) is 10.2. The summed E-state index contributed by atoms with van der Waals surface area (Å²) in [5.74, 6) is 1.24. The lowest BCUT2D eigenvalue weighted by atomic mass is 10.2. The quantitative estimate of drug-likeness (QED) is 0.357. The molecule has 5 nitrogen and oxygen atoms in total. The van der Waals surface area contributed by atoms with Gasteiger partial charge in [0.15, 0.2) is 4.98 Å². The molecule has 0 aliphatic carbocycles. The van der Waals surface area contributed by atoms with Gasteiger partial charge in [0, 0.05) is 12.3 Å². The van der Waals surface area contributed by atoms with Gasteiger partial charge in [0.2, 0.25) is 11.1 Å². The van der Waals surface area contributed by atoms with Crippen LogP contribution in [0.2, 0.25) is 0 Å². The van der Waals surface area contributed by atoms with Gasteiger partial charge in [0.05, 0.1) is 24.2 Å². The first-order valence-corrected chi connectivity index (χ1v) is 9.88. The SMILES string of the molecule is CCCCOc1cc(Sc2cc(C)ccn2)c(OCCCC)cc1[N+]#N. The summed E-state index contributed by atoms with van der Waals surface area (Å²) in [7, 11) is 0. The first-order chi connectivity index (χ1) is 12.7. The number of aromatic nitrogens is 1. The van der Waals surface area contributed by atoms with Crippen LogP contribution >= 0.6 is 11.8 Å². The number of hydrogen-bond donors (Lipinski definition) is 0. The molecule has 0 N–H and O–H groups in total. The second kappa shape index (κ2) is 10.7. The topological polar surface area (TPSA) is 59.5 Å². The van der Waals surface area contributed by atoms with E-state index in [0.29, 0.717) is 30.4 Å². The number of diazo groups is 1. The van der Waals surface area contributed by atoms with E-state index in [9.17, 15) is 5.39 Å². The van der Waals surface area contributed by atoms with Crippen LogP contribution < -0.4 is 9.47 Å². The van der Waals surface area contributed by atoms with Crippen molar-refractivity contribution in [3.63, 3.8) is 0 Å². The molecule has 0 spiro atoms. The number of benzene rings is 1. The van der Waals surface area contributed by atoms with Gasteiger partial charge in [-0.25, -0.2) is 4.98 Å². The molecule has 0 amide bonds. The zero-order valence-electron chi connectivity index (χ0n) is 15.7. The van der Waals surface area contributed by atoms with Crippen molar-refractivity contribution in [2.45, 2.75) is 56.4 Å². The zero-order chi connectivity index (χ0) is 18.8. The van der Waals surface area contributed by atoms with Crippen molar-refractivity contribution in [3.8, 4) is 11.5 Å². The molecule has 0 radical (unpaired) electrons. The van der Waals surface area contributed by atoms with Gasteiger partial charge in [0.25, 0.3) is 0 Å². The van der Waals surface area contributed by atoms with E-state index < -0.39 is 0 Å². The van der Waals surface area contributed by atoms with Crippen LogP contribution in [0, 0.1) is 12.3 Å². The summed E-state index contributed by atoms with van der Waals surface area (Å²) >= 11 is 1.52. The van der Waals surface area contributed by atoms with Crippen LogP contribution in [0.5, 0.6) is 11.5 Å². The first-order valence-electron chi connectivity index (χ1n) is 9.07. The molecular weight excluding hydrogens is 346 g/mol. The lowest BCUT2D eigenvalue weighted by molar-refractivity contribution is 0.296. The Morgan fingerprint density at radius 1 is 1.04 bits per heavy atom. The molecule has 2 aromatic rings. The van der Waals surface area contributed by atoms with Gasteiger partial charge in [-0.3, -0.25) is 0 Å². The van der Waals surface area contributed by atoms with Crippen LogP contribution in [0.1, 0.15) is 45.1 Å². The maximum Gasteiger partial charge on any atom is 0.430 e. The Balaban J connectivity index is 2.32. The monoisotopic (exact) mass is 372 g/mol. The predicted molar refractivity (Wildman–Crippen MR) is 105 cm³/mol. The largest absolute Gasteiger partial charge is 0.492 e. The Morgan fingerprint density at radius 3 is 2.35 bits per heavy atom. The van der Waals surface area contributed by atoms with Crippen LogP contribution in [0.25, 0.3) is 4.98 Å². The van der Waals surface area contributed by atoms with Gasteiger partial charge in [-0.05, 0) is 37.5 Å². The Hall–Kier alpha value is -2.26. The summed E-state index contributed by atoms with van der Waals surface area (Å²) in [5.41, 5.74) is 1.53. The van der Waals surface area contributed by atoms with E-state index in [2.05, 4.69) is 23.8 Å². The third kappa shape index (κ3) is 5.92. The molecular formula is C20H26N3O2S+. The van der Waals surface area contributed by atoms with Crippen molar-refractivity contribution in [2.75, 3.05) is 13.2 Å². The standard InChI is InChI=1S/C20H26N3O2S/c1-4-6-10-24-17-14-19(26-20-12-15(3)8-9-22-20)18(13-16(17)23-21)25-11-7-5-2/h8-9,12-14H,4-7,10-11H2,1-3H3/q+1. The van der Waals surface area contributed by atoms with Crippen molar-refractivity contribution in [2.24, 2.45) is 0 Å². The van der Waals surface area contributed by atoms with E-state index in [1.54, 1.807) is 12.3 Å². The van der Waals surface area contributed by atoms with E-state index in [0.717, 1.165) is 41.2 Å². The summed E-state index contributed by atoms with van der Waals surface area (Å²) in [6, 6.07) is 7.61. The summed E-state index contributed by atoms with van der Waals surface area (Å²) in [6.07, 6.45) is 5.80. The zero-order valence-corrected chi connectivity index (χ0v) is 16.5. The minimum atomic E-state index is 0.383. The second-order valence-corrected chi connectivity index (χ2v) is 7.11. The number of nitrogens with zero attached hydrogens (tertiary/aromatic N) is 3. The van der Waals surface area contributed by atoms with E-state index in [-0.39, 0.29) is 0 Å². The molecule has 0 aliphatic heterocycles. The van der Waals surface area contributed by atoms with Crippen molar-refractivity contribution in [3.05, 3.63) is 41.0 Å². The van der Waals surface area contributed by atoms with Crippen molar-refractivity contribution in [1.82, 2.24) is 4.98 Å². The average Bonchev–Trinajstić information content (AvgIpc) is 2.63. The molecule has 26 heavy (non-hydrogen) atoms. The number of aryl methyl sites for hydroxylation is 1. The average molecular weight is 373 g/mol. The number of ether oxygens (including phenoxy) is 2. The Bertz CT molecular complexity index is 759. The maximum absolute atomic E-state index is 9.36. The minimum absolute atomic E-state index is 0.383. The van der Waals surface area contributed by atoms with Gasteiger partial charge in [-0.15, -0.1) is 0 Å². The van der Waals surface area contributed by atoms with Gasteiger partial charge in [-0.2, -0.15) is 0 Å². The third-order valence-corrected chi connectivity index (χ3v) is 4.72. The normalized spacial score (nSPS) is 10.4. The molecule has 0 fully saturated rings. The lowest BCUT2D eigenvalue weighted by Crippen LogP contribution is -2.00. The fraction of sp³-hybridized carbons (Fsp3) is 0.450. The minimum Gasteiger partial charge on any atom is -0.492 e. The molecule has 0 atom stereocenters. The summed E-state index contributed by atoms with van der Waals surface area (Å²) in [4.78, 5) is 8.69. The van der Waals surface area contributed by atoms with Crippen LogP contribution in [-0.2, 0) is 0 Å². The highest BCUT2D eigenvalue weighted by molar-refractivity contribution is 7.99. The first kappa shape index (κ1) is 20.1. The number of hydrogen-bond acceptors (Lipinski definition) is 5. The number of pyridine rings is 1. The Morgan fingerprint density at radius 2 is 1.73 bits per heavy atom. The molecule has 6 heteroatoms. The molecule has 0 bridgehead atoms. The van der Waals surface area contributed by atoms with Crippen molar-refractivity contribution in [1.29, 1.82) is 5.39 Å². The molecule has 0 saturated carbocycles. The molecule has 0 saturated heterocycles. The molecule has 0 aliphatic rings. The van der Waals surface area contributed by atoms with Gasteiger partial charge < -0.3 is 9.47 Å². The molecule has 138 valence electrons. The van der Waals surface area contributed by atoms with Crippen molar-refractivity contribution < 1.29 is 9.47 Å². The summed E-state index contributed by atoms with van der Waals surface area (Å²) in [6.45, 7) is 7.47. The van der Waals surface area contributed by atoms with E-state index in [4.69, 9.17) is 9.47 Å². The second-order valence-electron chi connectivity index (χ2n) is 6.04. The van der Waals surface area contributed by atoms with Gasteiger partial charge in [0.1, 0.15) is 10.8 Å². The maximum atomic E-state index is 9.36. The van der Waals surface area contributed by atoms with Crippen LogP contribution in [0.15, 0.2) is 40.4 Å². The molecule has 1 heterocycles. The van der Waals surface area contributed by atoms with E-state index >= 15 is 0 Å². The Kier molecular flexibility index (Phi) is 8.23. The predicted octanol–water partition coefficient (Wildman–Crippen LogP) is 6.38. The molecule has 2 rings (SSSR count). The highest BCUT2D eigenvalue weighted by Crippen LogP contribution is 2.42. The molecule has 1 aromatic heterocycles. The fourth-order valence-corrected chi connectivity index (χ4v) is 3.21. The third-order valence-electron chi connectivity index (χ3n) is 3.75. The van der Waals surface area contributed by atoms with E-state index in [1.165, 1.54) is 11.8 Å². The van der Waals surface area contributed by atoms with E-state index in [1.807, 2.05) is 25.1 Å². The fourth-order valence-electron chi connectivity index (χ4n) is 2.25. The number of rotatable bonds is 10. The molecule has 1 aromatic carbocycles. The van der Waals surface area contributed by atoms with Gasteiger partial charge >= 0.3 is 5.69 Å². The smallest absolute Gasteiger partial charge is 0.430 e. The molecule has 0 unspecified atom stereocenters. The Labute approximate surface area is 159 Å². The van der Waals surface area contributed by atoms with Crippen LogP contribution in [0.4, 0.5) is 5.69 Å². The summed E-state index contributed by atoms with van der Waals surface area (Å²) < 4.78 is 11.7. The highest BCUT2D eigenvalue weighted by atomic mass is 32.2. The van der Waals surface area contributed by atoms with Crippen LogP contribution in [-0.4, -0.2) is 18.2 Å². The van der Waals surface area contributed by atoms with Crippen LogP contribution in [0.3, 0.4) is 0 Å². The lowest BCUT2D eigenvalue weighted by Gasteiger charge is -2.12. The number of unbranched alkanes of at least 4 members (excludes halogenated alkanes) is 2.